The lowest BCUT2D eigenvalue weighted by atomic mass is 9.78. The largest absolute Gasteiger partial charge is 0.506 e. The molecule has 0 bridgehead atoms. The van der Waals surface area contributed by atoms with Crippen molar-refractivity contribution in [3.63, 3.8) is 0 Å². The Morgan fingerprint density at radius 2 is 1.87 bits per heavy atom. The Morgan fingerprint density at radius 3 is 2.52 bits per heavy atom. The first kappa shape index (κ1) is 17.7. The van der Waals surface area contributed by atoms with Crippen LogP contribution in [0.5, 0.6) is 5.75 Å². The predicted molar refractivity (Wildman–Crippen MR) is 106 cm³/mol. The Bertz CT molecular complexity index is 594. The summed E-state index contributed by atoms with van der Waals surface area (Å²) >= 11 is 4.21. The molecule has 126 valence electrons. The van der Waals surface area contributed by atoms with Crippen molar-refractivity contribution in [3.8, 4) is 5.75 Å². The Labute approximate surface area is 164 Å². The van der Waals surface area contributed by atoms with E-state index in [1.54, 1.807) is 6.07 Å². The van der Waals surface area contributed by atoms with Crippen LogP contribution in [-0.2, 0) is 4.74 Å². The zero-order chi connectivity index (χ0) is 16.4. The molecule has 1 heterocycles. The van der Waals surface area contributed by atoms with Crippen LogP contribution in [0.2, 0.25) is 0 Å². The molecule has 1 aromatic rings. The Morgan fingerprint density at radius 1 is 1.22 bits per heavy atom. The molecule has 4 nitrogen and oxygen atoms in total. The molecule has 0 radical (unpaired) electrons. The van der Waals surface area contributed by atoms with Gasteiger partial charge in [0.05, 0.1) is 3.57 Å². The van der Waals surface area contributed by atoms with Crippen molar-refractivity contribution >= 4 is 51.2 Å². The number of nitrogens with one attached hydrogen (secondary N) is 1. The van der Waals surface area contributed by atoms with E-state index in [1.807, 2.05) is 28.7 Å². The van der Waals surface area contributed by atoms with Crippen LogP contribution < -0.4 is 5.32 Å². The van der Waals surface area contributed by atoms with E-state index in [2.05, 4.69) is 27.9 Å². The van der Waals surface area contributed by atoms with E-state index in [-0.39, 0.29) is 22.9 Å². The van der Waals surface area contributed by atoms with Gasteiger partial charge in [-0.2, -0.15) is 0 Å². The summed E-state index contributed by atoms with van der Waals surface area (Å²) in [6.45, 7) is 1.78. The van der Waals surface area contributed by atoms with Crippen molar-refractivity contribution in [2.45, 2.75) is 44.1 Å². The van der Waals surface area contributed by atoms with Gasteiger partial charge in [-0.15, -0.1) is 0 Å². The number of ether oxygens (including phenoxy) is 1. The fourth-order valence-corrected chi connectivity index (χ4v) is 5.70. The molecule has 1 aliphatic heterocycles. The van der Waals surface area contributed by atoms with E-state index >= 15 is 0 Å². The summed E-state index contributed by atoms with van der Waals surface area (Å²) in [5.41, 5.74) is -0.0740. The SMILES string of the molecule is O=C(OC1(C2CCCC2)CCNCC1)c1cc(I)cc(I)c1O. The van der Waals surface area contributed by atoms with Gasteiger partial charge in [0.15, 0.2) is 0 Å². The minimum atomic E-state index is -0.382. The number of carbonyl (C=O) groups excluding carboxylic acids is 1. The monoisotopic (exact) mass is 541 g/mol. The summed E-state index contributed by atoms with van der Waals surface area (Å²) in [6, 6.07) is 3.56. The maximum Gasteiger partial charge on any atom is 0.342 e. The van der Waals surface area contributed by atoms with Crippen LogP contribution in [0.15, 0.2) is 12.1 Å². The summed E-state index contributed by atoms with van der Waals surface area (Å²) in [6.07, 6.45) is 6.47. The second kappa shape index (κ2) is 7.43. The number of hydrogen-bond acceptors (Lipinski definition) is 4. The molecule has 1 saturated carbocycles. The highest BCUT2D eigenvalue weighted by atomic mass is 127. The normalized spacial score (nSPS) is 21.3. The van der Waals surface area contributed by atoms with Crippen molar-refractivity contribution in [2.75, 3.05) is 13.1 Å². The molecule has 2 N–H and O–H groups in total. The maximum atomic E-state index is 12.8. The average Bonchev–Trinajstić information content (AvgIpc) is 3.06. The molecular formula is C17H21I2NO3. The van der Waals surface area contributed by atoms with Crippen LogP contribution in [0.25, 0.3) is 0 Å². The summed E-state index contributed by atoms with van der Waals surface area (Å²) in [5.74, 6) is 0.108. The highest BCUT2D eigenvalue weighted by molar-refractivity contribution is 14.1. The second-order valence-electron chi connectivity index (χ2n) is 6.47. The fraction of sp³-hybridized carbons (Fsp3) is 0.588. The molecule has 1 aromatic carbocycles. The minimum Gasteiger partial charge on any atom is -0.506 e. The van der Waals surface area contributed by atoms with Crippen LogP contribution in [0.1, 0.15) is 48.9 Å². The van der Waals surface area contributed by atoms with Crippen molar-refractivity contribution in [1.82, 2.24) is 5.32 Å². The second-order valence-corrected chi connectivity index (χ2v) is 8.88. The summed E-state index contributed by atoms with van der Waals surface area (Å²) in [7, 11) is 0. The van der Waals surface area contributed by atoms with Crippen molar-refractivity contribution in [2.24, 2.45) is 5.92 Å². The van der Waals surface area contributed by atoms with Crippen molar-refractivity contribution < 1.29 is 14.6 Å². The van der Waals surface area contributed by atoms with E-state index in [0.717, 1.165) is 42.3 Å². The van der Waals surface area contributed by atoms with Crippen molar-refractivity contribution in [3.05, 3.63) is 24.8 Å². The van der Waals surface area contributed by atoms with Gasteiger partial charge in [-0.05, 0) is 89.2 Å². The first-order chi connectivity index (χ1) is 11.0. The highest BCUT2D eigenvalue weighted by Crippen LogP contribution is 2.42. The molecule has 2 fully saturated rings. The number of esters is 1. The van der Waals surface area contributed by atoms with Gasteiger partial charge >= 0.3 is 5.97 Å². The zero-order valence-corrected chi connectivity index (χ0v) is 17.2. The van der Waals surface area contributed by atoms with Crippen LogP contribution >= 0.6 is 45.2 Å². The predicted octanol–water partition coefficient (Wildman–Crippen LogP) is 4.07. The number of piperidine rings is 1. The number of rotatable bonds is 3. The van der Waals surface area contributed by atoms with E-state index in [1.165, 1.54) is 12.8 Å². The molecular weight excluding hydrogens is 520 g/mol. The number of benzene rings is 1. The zero-order valence-electron chi connectivity index (χ0n) is 12.9. The van der Waals surface area contributed by atoms with Gasteiger partial charge in [-0.3, -0.25) is 0 Å². The maximum absolute atomic E-state index is 12.8. The van der Waals surface area contributed by atoms with Gasteiger partial charge in [-0.1, -0.05) is 12.8 Å². The number of hydrogen-bond donors (Lipinski definition) is 2. The number of carbonyl (C=O) groups is 1. The first-order valence-corrected chi connectivity index (χ1v) is 10.3. The Balaban J connectivity index is 1.86. The first-order valence-electron chi connectivity index (χ1n) is 8.14. The lowest BCUT2D eigenvalue weighted by Crippen LogP contribution is -2.49. The molecule has 0 aromatic heterocycles. The van der Waals surface area contributed by atoms with Gasteiger partial charge in [0.1, 0.15) is 16.9 Å². The van der Waals surface area contributed by atoms with Gasteiger partial charge in [-0.25, -0.2) is 4.79 Å². The third-order valence-corrected chi connectivity index (χ3v) is 6.54. The Kier molecular flexibility index (Phi) is 5.72. The molecule has 23 heavy (non-hydrogen) atoms. The topological polar surface area (TPSA) is 58.6 Å². The minimum absolute atomic E-state index is 0.0338. The van der Waals surface area contributed by atoms with Crippen LogP contribution in [0.3, 0.4) is 0 Å². The molecule has 0 atom stereocenters. The molecule has 0 unspecified atom stereocenters. The van der Waals surface area contributed by atoms with Crippen molar-refractivity contribution in [1.29, 1.82) is 0 Å². The molecule has 1 saturated heterocycles. The lowest BCUT2D eigenvalue weighted by molar-refractivity contribution is -0.0676. The van der Waals surface area contributed by atoms with Gasteiger partial charge in [0.2, 0.25) is 0 Å². The standard InChI is InChI=1S/C17H21I2NO3/c18-12-9-13(15(21)14(19)10-12)16(22)23-17(5-7-20-8-6-17)11-3-1-2-4-11/h9-11,20-21H,1-8H2. The summed E-state index contributed by atoms with van der Waals surface area (Å²) in [4.78, 5) is 12.8. The average molecular weight is 541 g/mol. The molecule has 3 rings (SSSR count). The molecule has 6 heteroatoms. The van der Waals surface area contributed by atoms with E-state index in [4.69, 9.17) is 4.74 Å². The van der Waals surface area contributed by atoms with Gasteiger partial charge in [0.25, 0.3) is 0 Å². The Hall–Kier alpha value is -0.0900. The van der Waals surface area contributed by atoms with Gasteiger partial charge in [0, 0.05) is 16.4 Å². The smallest absolute Gasteiger partial charge is 0.342 e. The number of phenols is 1. The summed E-state index contributed by atoms with van der Waals surface area (Å²) < 4.78 is 7.70. The third-order valence-electron chi connectivity index (χ3n) is 5.09. The van der Waals surface area contributed by atoms with E-state index < -0.39 is 0 Å². The number of phenolic OH excluding ortho intramolecular Hbond substituents is 1. The van der Waals surface area contributed by atoms with Crippen LogP contribution in [-0.4, -0.2) is 29.8 Å². The van der Waals surface area contributed by atoms with Gasteiger partial charge < -0.3 is 15.2 Å². The van der Waals surface area contributed by atoms with E-state index in [0.29, 0.717) is 9.49 Å². The highest BCUT2D eigenvalue weighted by Gasteiger charge is 2.44. The molecule has 0 spiro atoms. The van der Waals surface area contributed by atoms with Crippen LogP contribution in [0.4, 0.5) is 0 Å². The number of aromatic hydroxyl groups is 1. The quantitative estimate of drug-likeness (QED) is 0.448. The van der Waals surface area contributed by atoms with Crippen LogP contribution in [0, 0.1) is 13.1 Å². The summed E-state index contributed by atoms with van der Waals surface area (Å²) in [5, 5.41) is 13.6. The lowest BCUT2D eigenvalue weighted by Gasteiger charge is -2.41. The molecule has 1 aliphatic carbocycles. The molecule has 2 aliphatic rings. The third kappa shape index (κ3) is 3.78. The van der Waals surface area contributed by atoms with E-state index in [9.17, 15) is 9.90 Å². The fourth-order valence-electron chi connectivity index (χ4n) is 3.86. The molecule has 0 amide bonds. The number of halogens is 2.